The summed E-state index contributed by atoms with van der Waals surface area (Å²) in [5.41, 5.74) is 3.28. The Hall–Kier alpha value is -1.19. The normalized spacial score (nSPS) is 12.5. The maximum absolute atomic E-state index is 4.12. The van der Waals surface area contributed by atoms with Crippen LogP contribution in [0.5, 0.6) is 0 Å². The Morgan fingerprint density at radius 1 is 1.29 bits per heavy atom. The highest BCUT2D eigenvalue weighted by Crippen LogP contribution is 2.20. The molecule has 1 heterocycles. The van der Waals surface area contributed by atoms with Gasteiger partial charge in [-0.15, -0.1) is 11.3 Å². The molecule has 0 amide bonds. The van der Waals surface area contributed by atoms with Crippen LogP contribution < -0.4 is 5.32 Å². The minimum Gasteiger partial charge on any atom is -0.310 e. The van der Waals surface area contributed by atoms with Gasteiger partial charge in [0.2, 0.25) is 0 Å². The lowest BCUT2D eigenvalue weighted by atomic mass is 10.0. The van der Waals surface area contributed by atoms with Gasteiger partial charge in [0.15, 0.2) is 0 Å². The van der Waals surface area contributed by atoms with Crippen LogP contribution in [-0.2, 0) is 6.42 Å². The summed E-state index contributed by atoms with van der Waals surface area (Å²) in [6.07, 6.45) is 4.19. The molecule has 1 aromatic heterocycles. The second kappa shape index (κ2) is 6.52. The third-order valence-electron chi connectivity index (χ3n) is 2.82. The molecule has 1 aromatic carbocycles. The molecule has 0 saturated carbocycles. The Morgan fingerprint density at radius 2 is 2.12 bits per heavy atom. The molecule has 3 heteroatoms. The lowest BCUT2D eigenvalue weighted by Crippen LogP contribution is -2.21. The first-order chi connectivity index (χ1) is 8.40. The summed E-state index contributed by atoms with van der Waals surface area (Å²) >= 11 is 1.74. The highest BCUT2D eigenvalue weighted by Gasteiger charge is 2.09. The Labute approximate surface area is 107 Å². The Kier molecular flexibility index (Phi) is 4.71. The first-order valence-electron chi connectivity index (χ1n) is 6.06. The molecule has 1 unspecified atom stereocenters. The number of benzene rings is 1. The van der Waals surface area contributed by atoms with Crippen LogP contribution in [0.3, 0.4) is 0 Å². The van der Waals surface area contributed by atoms with Crippen molar-refractivity contribution in [3.8, 4) is 0 Å². The zero-order valence-electron chi connectivity index (χ0n) is 10.1. The van der Waals surface area contributed by atoms with Crippen molar-refractivity contribution >= 4 is 11.3 Å². The third-order valence-corrected chi connectivity index (χ3v) is 3.65. The Balaban J connectivity index is 1.98. The first kappa shape index (κ1) is 12.3. The number of aromatic nitrogens is 1. The van der Waals surface area contributed by atoms with Crippen LogP contribution in [0.15, 0.2) is 42.0 Å². The van der Waals surface area contributed by atoms with Crippen molar-refractivity contribution in [2.75, 3.05) is 6.54 Å². The predicted octanol–water partition coefficient (Wildman–Crippen LogP) is 3.43. The van der Waals surface area contributed by atoms with Gasteiger partial charge in [0, 0.05) is 17.1 Å². The molecule has 2 nitrogen and oxygen atoms in total. The number of nitrogens with one attached hydrogen (secondary N) is 1. The van der Waals surface area contributed by atoms with Gasteiger partial charge in [0.05, 0.1) is 5.51 Å². The van der Waals surface area contributed by atoms with E-state index in [1.54, 1.807) is 11.3 Å². The van der Waals surface area contributed by atoms with Gasteiger partial charge in [-0.1, -0.05) is 37.3 Å². The Bertz CT molecular complexity index is 411. The van der Waals surface area contributed by atoms with Crippen molar-refractivity contribution in [3.63, 3.8) is 0 Å². The van der Waals surface area contributed by atoms with Crippen molar-refractivity contribution in [2.45, 2.75) is 25.8 Å². The second-order valence-corrected chi connectivity index (χ2v) is 5.00. The molecule has 2 aromatic rings. The average Bonchev–Trinajstić information content (AvgIpc) is 2.88. The standard InChI is InChI=1S/C14H18N2S/c1-2-16-14(12-6-4-3-5-7-12)9-8-13-10-15-11-17-13/h3-7,10-11,14,16H,2,8-9H2,1H3. The second-order valence-electron chi connectivity index (χ2n) is 4.03. The lowest BCUT2D eigenvalue weighted by molar-refractivity contribution is 0.517. The van der Waals surface area contributed by atoms with Crippen LogP contribution in [0.2, 0.25) is 0 Å². The van der Waals surface area contributed by atoms with Crippen molar-refractivity contribution in [3.05, 3.63) is 52.5 Å². The molecule has 0 aliphatic heterocycles. The monoisotopic (exact) mass is 246 g/mol. The van der Waals surface area contributed by atoms with E-state index < -0.39 is 0 Å². The molecular weight excluding hydrogens is 228 g/mol. The maximum atomic E-state index is 4.12. The summed E-state index contributed by atoms with van der Waals surface area (Å²) in [5, 5.41) is 3.55. The number of hydrogen-bond donors (Lipinski definition) is 1. The predicted molar refractivity (Wildman–Crippen MR) is 73.3 cm³/mol. The number of hydrogen-bond acceptors (Lipinski definition) is 3. The van der Waals surface area contributed by atoms with Gasteiger partial charge >= 0.3 is 0 Å². The minimum absolute atomic E-state index is 0.447. The molecule has 0 bridgehead atoms. The highest BCUT2D eigenvalue weighted by molar-refractivity contribution is 7.09. The van der Waals surface area contributed by atoms with Gasteiger partial charge < -0.3 is 5.32 Å². The molecule has 0 fully saturated rings. The molecule has 1 atom stereocenters. The summed E-state index contributed by atoms with van der Waals surface area (Å²) in [7, 11) is 0. The molecule has 1 N–H and O–H groups in total. The van der Waals surface area contributed by atoms with E-state index in [4.69, 9.17) is 0 Å². The van der Waals surface area contributed by atoms with E-state index in [0.717, 1.165) is 19.4 Å². The summed E-state index contributed by atoms with van der Waals surface area (Å²) in [6, 6.07) is 11.1. The van der Waals surface area contributed by atoms with E-state index in [-0.39, 0.29) is 0 Å². The van der Waals surface area contributed by atoms with Crippen molar-refractivity contribution in [1.82, 2.24) is 10.3 Å². The molecule has 0 aliphatic carbocycles. The molecule has 2 rings (SSSR count). The number of nitrogens with zero attached hydrogens (tertiary/aromatic N) is 1. The quantitative estimate of drug-likeness (QED) is 0.844. The van der Waals surface area contributed by atoms with Crippen LogP contribution in [0.25, 0.3) is 0 Å². The fourth-order valence-electron chi connectivity index (χ4n) is 1.97. The fourth-order valence-corrected chi connectivity index (χ4v) is 2.59. The SMILES string of the molecule is CCNC(CCc1cncs1)c1ccccc1. The van der Waals surface area contributed by atoms with Gasteiger partial charge in [0.25, 0.3) is 0 Å². The van der Waals surface area contributed by atoms with E-state index in [0.29, 0.717) is 6.04 Å². The summed E-state index contributed by atoms with van der Waals surface area (Å²) in [5.74, 6) is 0. The molecular formula is C14H18N2S. The van der Waals surface area contributed by atoms with E-state index >= 15 is 0 Å². The summed E-state index contributed by atoms with van der Waals surface area (Å²) in [6.45, 7) is 3.16. The fraction of sp³-hybridized carbons (Fsp3) is 0.357. The third kappa shape index (κ3) is 3.65. The van der Waals surface area contributed by atoms with Gasteiger partial charge in [0.1, 0.15) is 0 Å². The number of rotatable bonds is 6. The zero-order valence-corrected chi connectivity index (χ0v) is 10.9. The van der Waals surface area contributed by atoms with Gasteiger partial charge in [-0.25, -0.2) is 0 Å². The zero-order chi connectivity index (χ0) is 11.9. The first-order valence-corrected chi connectivity index (χ1v) is 6.94. The topological polar surface area (TPSA) is 24.9 Å². The highest BCUT2D eigenvalue weighted by atomic mass is 32.1. The molecule has 17 heavy (non-hydrogen) atoms. The van der Waals surface area contributed by atoms with Crippen LogP contribution in [-0.4, -0.2) is 11.5 Å². The van der Waals surface area contributed by atoms with Crippen molar-refractivity contribution in [1.29, 1.82) is 0 Å². The molecule has 90 valence electrons. The van der Waals surface area contributed by atoms with Gasteiger partial charge in [-0.05, 0) is 24.9 Å². The van der Waals surface area contributed by atoms with Crippen LogP contribution in [0.4, 0.5) is 0 Å². The average molecular weight is 246 g/mol. The van der Waals surface area contributed by atoms with Crippen molar-refractivity contribution in [2.24, 2.45) is 0 Å². The lowest BCUT2D eigenvalue weighted by Gasteiger charge is -2.17. The van der Waals surface area contributed by atoms with Gasteiger partial charge in [-0.3, -0.25) is 4.98 Å². The van der Waals surface area contributed by atoms with Crippen molar-refractivity contribution < 1.29 is 0 Å². The largest absolute Gasteiger partial charge is 0.310 e. The maximum Gasteiger partial charge on any atom is 0.0794 e. The molecule has 0 saturated heterocycles. The van der Waals surface area contributed by atoms with Gasteiger partial charge in [-0.2, -0.15) is 0 Å². The summed E-state index contributed by atoms with van der Waals surface area (Å²) in [4.78, 5) is 5.48. The Morgan fingerprint density at radius 3 is 2.76 bits per heavy atom. The van der Waals surface area contributed by atoms with Crippen LogP contribution in [0.1, 0.15) is 29.8 Å². The smallest absolute Gasteiger partial charge is 0.0794 e. The molecule has 0 aliphatic rings. The minimum atomic E-state index is 0.447. The summed E-state index contributed by atoms with van der Waals surface area (Å²) < 4.78 is 0. The number of thiazole rings is 1. The van der Waals surface area contributed by atoms with E-state index in [9.17, 15) is 0 Å². The van der Waals surface area contributed by atoms with Crippen LogP contribution in [0, 0.1) is 0 Å². The van der Waals surface area contributed by atoms with E-state index in [2.05, 4.69) is 47.6 Å². The molecule has 0 spiro atoms. The van der Waals surface area contributed by atoms with E-state index in [1.807, 2.05) is 11.7 Å². The number of aryl methyl sites for hydroxylation is 1. The van der Waals surface area contributed by atoms with Crippen LogP contribution >= 0.6 is 11.3 Å². The van der Waals surface area contributed by atoms with E-state index in [1.165, 1.54) is 10.4 Å². The molecule has 0 radical (unpaired) electrons.